The molecule has 0 rings (SSSR count). The molecule has 0 spiro atoms. The summed E-state index contributed by atoms with van der Waals surface area (Å²) in [6.45, 7) is 8.69. The van der Waals surface area contributed by atoms with Crippen molar-refractivity contribution in [2.45, 2.75) is 20.8 Å². The van der Waals surface area contributed by atoms with Crippen molar-refractivity contribution < 1.29 is 4.84 Å². The summed E-state index contributed by atoms with van der Waals surface area (Å²) in [7, 11) is 1.73. The molecule has 0 aromatic heterocycles. The molecule has 0 aliphatic heterocycles. The Hall–Kier alpha value is -1.91. The second-order valence-electron chi connectivity index (χ2n) is 3.01. The number of rotatable bonds is 6. The normalized spacial score (nSPS) is 13.4. The Morgan fingerprint density at radius 3 is 2.50 bits per heavy atom. The van der Waals surface area contributed by atoms with Crippen LogP contribution >= 0.6 is 0 Å². The van der Waals surface area contributed by atoms with Gasteiger partial charge in [0.2, 0.25) is 0 Å². The Balaban J connectivity index is 4.81. The average Bonchev–Trinajstić information content (AvgIpc) is 2.27. The predicted octanol–water partition coefficient (Wildman–Crippen LogP) is 2.08. The van der Waals surface area contributed by atoms with Crippen LogP contribution in [0.1, 0.15) is 20.8 Å². The number of hydrogen-bond donors (Lipinski definition) is 2. The highest BCUT2D eigenvalue weighted by molar-refractivity contribution is 6.06. The quantitative estimate of drug-likeness (QED) is 0.410. The third-order valence-electron chi connectivity index (χ3n) is 1.80. The molecule has 5 nitrogen and oxygen atoms in total. The van der Waals surface area contributed by atoms with Gasteiger partial charge in [0.1, 0.15) is 11.6 Å². The van der Waals surface area contributed by atoms with Crippen LogP contribution in [0.5, 0.6) is 0 Å². The lowest BCUT2D eigenvalue weighted by Gasteiger charge is -2.06. The van der Waals surface area contributed by atoms with E-state index < -0.39 is 0 Å². The zero-order valence-corrected chi connectivity index (χ0v) is 10.2. The minimum Gasteiger partial charge on any atom is -0.373 e. The van der Waals surface area contributed by atoms with Crippen LogP contribution in [-0.4, -0.2) is 25.7 Å². The molecule has 0 aromatic rings. The first-order chi connectivity index (χ1) is 7.56. The second-order valence-corrected chi connectivity index (χ2v) is 3.01. The number of nitrogens with zero attached hydrogens (tertiary/aromatic N) is 2. The van der Waals surface area contributed by atoms with Crippen LogP contribution in [0.4, 0.5) is 0 Å². The Kier molecular flexibility index (Phi) is 6.51. The fourth-order valence-electron chi connectivity index (χ4n) is 0.986. The van der Waals surface area contributed by atoms with Gasteiger partial charge in [0, 0.05) is 24.9 Å². The fraction of sp³-hybridized carbons (Fsp3) is 0.364. The van der Waals surface area contributed by atoms with E-state index in [9.17, 15) is 0 Å². The monoisotopic (exact) mass is 222 g/mol. The van der Waals surface area contributed by atoms with E-state index in [0.29, 0.717) is 22.9 Å². The first kappa shape index (κ1) is 14.1. The smallest absolute Gasteiger partial charge is 0.134 e. The molecular weight excluding hydrogens is 204 g/mol. The lowest BCUT2D eigenvalue weighted by atomic mass is 10.1. The molecule has 5 heteroatoms. The molecule has 0 bridgehead atoms. The van der Waals surface area contributed by atoms with Crippen molar-refractivity contribution in [1.82, 2.24) is 5.32 Å². The maximum atomic E-state index is 7.80. The first-order valence-electron chi connectivity index (χ1n) is 4.84. The van der Waals surface area contributed by atoms with Gasteiger partial charge in [-0.25, -0.2) is 4.99 Å². The van der Waals surface area contributed by atoms with Gasteiger partial charge in [-0.3, -0.25) is 0 Å². The molecule has 0 unspecified atom stereocenters. The van der Waals surface area contributed by atoms with Gasteiger partial charge in [0.25, 0.3) is 0 Å². The van der Waals surface area contributed by atoms with Gasteiger partial charge < -0.3 is 15.6 Å². The van der Waals surface area contributed by atoms with Gasteiger partial charge >= 0.3 is 0 Å². The number of aliphatic imine (C=N–C) groups is 1. The molecule has 2 N–H and O–H groups in total. The summed E-state index contributed by atoms with van der Waals surface area (Å²) < 4.78 is 0. The molecule has 0 aliphatic carbocycles. The average molecular weight is 222 g/mol. The molecule has 0 saturated heterocycles. The third kappa shape index (κ3) is 4.54. The van der Waals surface area contributed by atoms with Crippen molar-refractivity contribution in [3.05, 3.63) is 23.2 Å². The van der Waals surface area contributed by atoms with Crippen molar-refractivity contribution in [2.75, 3.05) is 7.05 Å². The van der Waals surface area contributed by atoms with Crippen molar-refractivity contribution in [3.63, 3.8) is 0 Å². The van der Waals surface area contributed by atoms with Crippen LogP contribution in [0, 0.1) is 5.41 Å². The molecule has 16 heavy (non-hydrogen) atoms. The van der Waals surface area contributed by atoms with Gasteiger partial charge in [-0.15, -0.1) is 0 Å². The van der Waals surface area contributed by atoms with E-state index in [1.807, 2.05) is 0 Å². The van der Waals surface area contributed by atoms with Crippen molar-refractivity contribution >= 4 is 18.6 Å². The number of allylic oxidation sites excluding steroid dienone is 3. The van der Waals surface area contributed by atoms with Crippen molar-refractivity contribution in [2.24, 2.45) is 10.1 Å². The fourth-order valence-corrected chi connectivity index (χ4v) is 0.986. The minimum atomic E-state index is 0.306. The van der Waals surface area contributed by atoms with E-state index in [-0.39, 0.29) is 0 Å². The second kappa shape index (κ2) is 7.39. The van der Waals surface area contributed by atoms with Gasteiger partial charge in [-0.05, 0) is 27.5 Å². The molecule has 0 saturated carbocycles. The molecule has 0 aromatic carbocycles. The summed E-state index contributed by atoms with van der Waals surface area (Å²) in [4.78, 5) is 8.73. The van der Waals surface area contributed by atoms with Gasteiger partial charge in [0.15, 0.2) is 0 Å². The number of oxime groups is 1. The summed E-state index contributed by atoms with van der Waals surface area (Å²) in [6.07, 6.45) is 3.11. The van der Waals surface area contributed by atoms with E-state index in [1.54, 1.807) is 33.9 Å². The summed E-state index contributed by atoms with van der Waals surface area (Å²) >= 11 is 0. The molecule has 0 fully saturated rings. The van der Waals surface area contributed by atoms with Crippen LogP contribution in [0.25, 0.3) is 0 Å². The van der Waals surface area contributed by atoms with E-state index in [1.165, 1.54) is 6.21 Å². The van der Waals surface area contributed by atoms with Crippen molar-refractivity contribution in [1.29, 1.82) is 5.41 Å². The Bertz CT molecular complexity index is 353. The van der Waals surface area contributed by atoms with Crippen LogP contribution in [0.2, 0.25) is 0 Å². The van der Waals surface area contributed by atoms with Crippen LogP contribution in [0.3, 0.4) is 0 Å². The molecular formula is C11H18N4O. The first-order valence-corrected chi connectivity index (χ1v) is 4.84. The Morgan fingerprint density at radius 2 is 2.06 bits per heavy atom. The summed E-state index contributed by atoms with van der Waals surface area (Å²) in [5, 5.41) is 14.3. The standard InChI is InChI=1S/C11H18N4O/c1-6-15-16-8(2)7-10(12)9(3)11(13-4)14-5/h6-7,12,14H,4H2,1-3,5H3/b8-7+,11-9+,12-10?,15-6+. The largest absolute Gasteiger partial charge is 0.373 e. The molecule has 0 amide bonds. The zero-order chi connectivity index (χ0) is 12.6. The number of nitrogens with one attached hydrogen (secondary N) is 2. The number of hydrogen-bond acceptors (Lipinski definition) is 5. The summed E-state index contributed by atoms with van der Waals surface area (Å²) in [6, 6.07) is 0. The van der Waals surface area contributed by atoms with Crippen molar-refractivity contribution in [3.8, 4) is 0 Å². The van der Waals surface area contributed by atoms with Crippen LogP contribution < -0.4 is 5.32 Å². The molecule has 0 heterocycles. The highest BCUT2D eigenvalue weighted by atomic mass is 16.6. The molecule has 88 valence electrons. The predicted molar refractivity (Wildman–Crippen MR) is 68.0 cm³/mol. The topological polar surface area (TPSA) is 69.8 Å². The van der Waals surface area contributed by atoms with Gasteiger partial charge in [-0.1, -0.05) is 5.16 Å². The zero-order valence-electron chi connectivity index (χ0n) is 10.2. The maximum absolute atomic E-state index is 7.80. The lowest BCUT2D eigenvalue weighted by Crippen LogP contribution is -2.10. The minimum absolute atomic E-state index is 0.306. The summed E-state index contributed by atoms with van der Waals surface area (Å²) in [5.74, 6) is 1.12. The Morgan fingerprint density at radius 1 is 1.44 bits per heavy atom. The SMILES string of the molecule is C=N/C(NC)=C(/C)C(=N)/C=C(\C)O/N=C/C. The van der Waals surface area contributed by atoms with Gasteiger partial charge in [0.05, 0.1) is 5.71 Å². The van der Waals surface area contributed by atoms with E-state index in [2.05, 4.69) is 22.2 Å². The summed E-state index contributed by atoms with van der Waals surface area (Å²) in [5.41, 5.74) is 1.00. The molecule has 0 atom stereocenters. The van der Waals surface area contributed by atoms with Gasteiger partial charge in [-0.2, -0.15) is 0 Å². The van der Waals surface area contributed by atoms with Crippen LogP contribution in [0.15, 0.2) is 33.4 Å². The maximum Gasteiger partial charge on any atom is 0.134 e. The highest BCUT2D eigenvalue weighted by Crippen LogP contribution is 2.06. The Labute approximate surface area is 96.1 Å². The van der Waals surface area contributed by atoms with Crippen LogP contribution in [-0.2, 0) is 4.84 Å². The highest BCUT2D eigenvalue weighted by Gasteiger charge is 2.03. The third-order valence-corrected chi connectivity index (χ3v) is 1.80. The molecule has 0 radical (unpaired) electrons. The van der Waals surface area contributed by atoms with E-state index in [0.717, 1.165) is 0 Å². The van der Waals surface area contributed by atoms with E-state index in [4.69, 9.17) is 10.2 Å². The molecule has 0 aliphatic rings. The van der Waals surface area contributed by atoms with E-state index >= 15 is 0 Å². The lowest BCUT2D eigenvalue weighted by molar-refractivity contribution is 0.232.